The van der Waals surface area contributed by atoms with Crippen LogP contribution in [0.5, 0.6) is 0 Å². The molecule has 1 fully saturated rings. The quantitative estimate of drug-likeness (QED) is 0.590. The van der Waals surface area contributed by atoms with Crippen molar-refractivity contribution < 1.29 is 22.7 Å². The molecule has 29 heavy (non-hydrogen) atoms. The van der Waals surface area contributed by atoms with E-state index in [9.17, 15) is 18.0 Å². The van der Waals surface area contributed by atoms with E-state index in [0.717, 1.165) is 30.2 Å². The van der Waals surface area contributed by atoms with Crippen molar-refractivity contribution in [1.29, 1.82) is 0 Å². The molecule has 0 bridgehead atoms. The second-order valence-corrected chi connectivity index (χ2v) is 9.36. The van der Waals surface area contributed by atoms with Crippen LogP contribution in [-0.2, 0) is 19.6 Å². The Hall–Kier alpha value is -2.39. The number of carbonyl (C=O) groups excluding carboxylic acids is 2. The molecule has 0 saturated heterocycles. The van der Waals surface area contributed by atoms with Crippen molar-refractivity contribution in [2.75, 3.05) is 11.3 Å². The van der Waals surface area contributed by atoms with Gasteiger partial charge in [0.1, 0.15) is 0 Å². The molecule has 0 spiro atoms. The number of hydrogen-bond acceptors (Lipinski definition) is 5. The summed E-state index contributed by atoms with van der Waals surface area (Å²) in [5, 5.41) is 2.84. The smallest absolute Gasteiger partial charge is 0.338 e. The summed E-state index contributed by atoms with van der Waals surface area (Å²) in [6, 6.07) is 12.2. The Morgan fingerprint density at radius 2 is 1.62 bits per heavy atom. The number of ether oxygens (including phenoxy) is 1. The fourth-order valence-electron chi connectivity index (χ4n) is 3.06. The summed E-state index contributed by atoms with van der Waals surface area (Å²) in [5.74, 6) is -0.960. The summed E-state index contributed by atoms with van der Waals surface area (Å²) in [5.41, 5.74) is 0.536. The number of nitrogens with one attached hydrogen (secondary N) is 2. The molecule has 0 aliphatic heterocycles. The largest absolute Gasteiger partial charge is 0.452 e. The number of amides is 1. The fourth-order valence-corrected chi connectivity index (χ4v) is 4.38. The average Bonchev–Trinajstić information content (AvgIpc) is 3.20. The first-order chi connectivity index (χ1) is 13.8. The highest BCUT2D eigenvalue weighted by atomic mass is 79.9. The Labute approximate surface area is 178 Å². The highest BCUT2D eigenvalue weighted by Gasteiger charge is 2.18. The SMILES string of the molecule is O=C(COC(=O)c1ccc(NS(=O)(=O)c2ccc(Br)cc2)cc1)NC1CCCC1. The van der Waals surface area contributed by atoms with Crippen molar-refractivity contribution in [1.82, 2.24) is 5.32 Å². The van der Waals surface area contributed by atoms with E-state index >= 15 is 0 Å². The lowest BCUT2D eigenvalue weighted by molar-refractivity contribution is -0.124. The summed E-state index contributed by atoms with van der Waals surface area (Å²) in [7, 11) is -3.74. The number of carbonyl (C=O) groups is 2. The molecule has 2 N–H and O–H groups in total. The van der Waals surface area contributed by atoms with Crippen molar-refractivity contribution in [2.24, 2.45) is 0 Å². The van der Waals surface area contributed by atoms with E-state index in [0.29, 0.717) is 5.69 Å². The average molecular weight is 481 g/mol. The van der Waals surface area contributed by atoms with Crippen molar-refractivity contribution in [3.05, 3.63) is 58.6 Å². The Balaban J connectivity index is 1.54. The van der Waals surface area contributed by atoms with Crippen LogP contribution in [0.3, 0.4) is 0 Å². The van der Waals surface area contributed by atoms with E-state index in [1.807, 2.05) is 0 Å². The molecule has 2 aromatic rings. The monoisotopic (exact) mass is 480 g/mol. The maximum atomic E-state index is 12.4. The third-order valence-electron chi connectivity index (χ3n) is 4.55. The second kappa shape index (κ2) is 9.41. The first-order valence-electron chi connectivity index (χ1n) is 9.18. The van der Waals surface area contributed by atoms with Gasteiger partial charge in [0.05, 0.1) is 10.5 Å². The van der Waals surface area contributed by atoms with Gasteiger partial charge in [-0.05, 0) is 61.4 Å². The van der Waals surface area contributed by atoms with Gasteiger partial charge in [-0.25, -0.2) is 13.2 Å². The highest BCUT2D eigenvalue weighted by Crippen LogP contribution is 2.19. The van der Waals surface area contributed by atoms with Crippen LogP contribution < -0.4 is 10.0 Å². The lowest BCUT2D eigenvalue weighted by Crippen LogP contribution is -2.35. The van der Waals surface area contributed by atoms with Crippen LogP contribution in [0.1, 0.15) is 36.0 Å². The summed E-state index contributed by atoms with van der Waals surface area (Å²) in [6.07, 6.45) is 4.11. The number of esters is 1. The molecular formula is C20H21BrN2O5S. The minimum atomic E-state index is -3.74. The number of hydrogen-bond donors (Lipinski definition) is 2. The number of sulfonamides is 1. The van der Waals surface area contributed by atoms with E-state index in [1.54, 1.807) is 12.1 Å². The minimum absolute atomic E-state index is 0.123. The number of rotatable bonds is 7. The molecule has 2 aromatic carbocycles. The van der Waals surface area contributed by atoms with Gasteiger partial charge in [-0.2, -0.15) is 0 Å². The van der Waals surface area contributed by atoms with Crippen LogP contribution >= 0.6 is 15.9 Å². The van der Waals surface area contributed by atoms with Crippen LogP contribution in [0.4, 0.5) is 5.69 Å². The third-order valence-corrected chi connectivity index (χ3v) is 6.48. The van der Waals surface area contributed by atoms with E-state index in [-0.39, 0.29) is 29.0 Å². The summed E-state index contributed by atoms with van der Waals surface area (Å²) in [4.78, 5) is 24.0. The highest BCUT2D eigenvalue weighted by molar-refractivity contribution is 9.10. The van der Waals surface area contributed by atoms with E-state index in [4.69, 9.17) is 4.74 Å². The van der Waals surface area contributed by atoms with Gasteiger partial charge in [0, 0.05) is 16.2 Å². The zero-order chi connectivity index (χ0) is 20.9. The van der Waals surface area contributed by atoms with Gasteiger partial charge in [-0.15, -0.1) is 0 Å². The van der Waals surface area contributed by atoms with Gasteiger partial charge in [-0.3, -0.25) is 9.52 Å². The Kier molecular flexibility index (Phi) is 6.92. The molecule has 0 aromatic heterocycles. The van der Waals surface area contributed by atoms with Crippen molar-refractivity contribution in [3.63, 3.8) is 0 Å². The van der Waals surface area contributed by atoms with Crippen molar-refractivity contribution >= 4 is 43.5 Å². The zero-order valence-corrected chi connectivity index (χ0v) is 18.0. The topological polar surface area (TPSA) is 102 Å². The molecule has 0 heterocycles. The van der Waals surface area contributed by atoms with E-state index in [1.165, 1.54) is 36.4 Å². The van der Waals surface area contributed by atoms with Gasteiger partial charge >= 0.3 is 5.97 Å². The Morgan fingerprint density at radius 3 is 2.24 bits per heavy atom. The zero-order valence-electron chi connectivity index (χ0n) is 15.6. The van der Waals surface area contributed by atoms with Gasteiger partial charge in [0.25, 0.3) is 15.9 Å². The molecular weight excluding hydrogens is 460 g/mol. The predicted octanol–water partition coefficient (Wildman–Crippen LogP) is 3.47. The lowest BCUT2D eigenvalue weighted by atomic mass is 10.2. The standard InChI is InChI=1S/C20H21BrN2O5S/c21-15-7-11-18(12-8-15)29(26,27)23-17-9-5-14(6-10-17)20(25)28-13-19(24)22-16-3-1-2-4-16/h5-12,16,23H,1-4,13H2,(H,22,24). The first-order valence-corrected chi connectivity index (χ1v) is 11.5. The van der Waals surface area contributed by atoms with Crippen LogP contribution in [0, 0.1) is 0 Å². The molecule has 0 radical (unpaired) electrons. The molecule has 9 heteroatoms. The lowest BCUT2D eigenvalue weighted by Gasteiger charge is -2.12. The first kappa shape index (κ1) is 21.3. The maximum absolute atomic E-state index is 12.4. The van der Waals surface area contributed by atoms with Crippen molar-refractivity contribution in [3.8, 4) is 0 Å². The molecule has 1 amide bonds. The molecule has 7 nitrogen and oxygen atoms in total. The van der Waals surface area contributed by atoms with Gasteiger partial charge in [-0.1, -0.05) is 28.8 Å². The molecule has 0 unspecified atom stereocenters. The summed E-state index contributed by atoms with van der Waals surface area (Å²) < 4.78 is 33.0. The molecule has 3 rings (SSSR count). The normalized spacial score (nSPS) is 14.4. The minimum Gasteiger partial charge on any atom is -0.452 e. The van der Waals surface area contributed by atoms with Crippen LogP contribution in [0.25, 0.3) is 0 Å². The number of benzene rings is 2. The van der Waals surface area contributed by atoms with Gasteiger partial charge in [0.15, 0.2) is 6.61 Å². The Morgan fingerprint density at radius 1 is 1.00 bits per heavy atom. The van der Waals surface area contributed by atoms with Crippen molar-refractivity contribution in [2.45, 2.75) is 36.6 Å². The predicted molar refractivity (Wildman–Crippen MR) is 112 cm³/mol. The molecule has 1 aliphatic carbocycles. The number of anilines is 1. The number of halogens is 1. The maximum Gasteiger partial charge on any atom is 0.338 e. The van der Waals surface area contributed by atoms with Crippen LogP contribution in [0.2, 0.25) is 0 Å². The summed E-state index contributed by atoms with van der Waals surface area (Å²) in [6.45, 7) is -0.340. The molecule has 1 aliphatic rings. The second-order valence-electron chi connectivity index (χ2n) is 6.76. The van der Waals surface area contributed by atoms with Gasteiger partial charge in [0.2, 0.25) is 0 Å². The van der Waals surface area contributed by atoms with Crippen LogP contribution in [-0.4, -0.2) is 32.9 Å². The fraction of sp³-hybridized carbons (Fsp3) is 0.300. The third kappa shape index (κ3) is 6.04. The Bertz CT molecular complexity index is 969. The molecule has 154 valence electrons. The van der Waals surface area contributed by atoms with E-state index in [2.05, 4.69) is 26.0 Å². The molecule has 0 atom stereocenters. The summed E-state index contributed by atoms with van der Waals surface area (Å²) >= 11 is 3.26. The van der Waals surface area contributed by atoms with E-state index < -0.39 is 16.0 Å². The van der Waals surface area contributed by atoms with Crippen LogP contribution in [0.15, 0.2) is 57.9 Å². The van der Waals surface area contributed by atoms with Gasteiger partial charge < -0.3 is 10.1 Å². The molecule has 1 saturated carbocycles.